The van der Waals surface area contributed by atoms with Crippen LogP contribution in [0, 0.1) is 0 Å². The number of halogens is 1. The second-order valence-corrected chi connectivity index (χ2v) is 13.1. The molecule has 2 aliphatic rings. The molecule has 1 aromatic heterocycles. The van der Waals surface area contributed by atoms with Crippen molar-refractivity contribution in [2.24, 2.45) is 0 Å². The number of aliphatic hydroxyl groups is 1. The van der Waals surface area contributed by atoms with E-state index in [1.54, 1.807) is 7.11 Å². The molecule has 4 aromatic carbocycles. The minimum absolute atomic E-state index is 0.396. The van der Waals surface area contributed by atoms with Crippen LogP contribution in [0.25, 0.3) is 21.7 Å². The van der Waals surface area contributed by atoms with Gasteiger partial charge in [0.15, 0.2) is 0 Å². The molecule has 2 bridgehead atoms. The molecule has 0 amide bonds. The van der Waals surface area contributed by atoms with Crippen molar-refractivity contribution in [2.75, 3.05) is 26.7 Å². The van der Waals surface area contributed by atoms with Crippen LogP contribution in [-0.4, -0.2) is 53.8 Å². The monoisotopic (exact) mass is 635 g/mol. The van der Waals surface area contributed by atoms with Crippen molar-refractivity contribution in [3.63, 3.8) is 0 Å². The molecule has 0 spiro atoms. The van der Waals surface area contributed by atoms with Gasteiger partial charge in [-0.15, -0.1) is 0 Å². The Morgan fingerprint density at radius 1 is 0.953 bits per heavy atom. The fourth-order valence-electron chi connectivity index (χ4n) is 7.42. The first-order valence-electron chi connectivity index (χ1n) is 15.4. The molecule has 0 aliphatic carbocycles. The Morgan fingerprint density at radius 2 is 1.77 bits per heavy atom. The van der Waals surface area contributed by atoms with Crippen LogP contribution >= 0.6 is 15.9 Å². The minimum Gasteiger partial charge on any atom is -0.481 e. The Balaban J connectivity index is 1.33. The second kappa shape index (κ2) is 12.0. The van der Waals surface area contributed by atoms with Gasteiger partial charge in [-0.1, -0.05) is 82.7 Å². The quantitative estimate of drug-likeness (QED) is 0.157. The van der Waals surface area contributed by atoms with Gasteiger partial charge < -0.3 is 15.2 Å². The number of benzene rings is 4. The number of nitrogens with one attached hydrogen (secondary N) is 1. The van der Waals surface area contributed by atoms with Gasteiger partial charge in [0.05, 0.1) is 12.6 Å². The van der Waals surface area contributed by atoms with Crippen LogP contribution < -0.4 is 10.1 Å². The van der Waals surface area contributed by atoms with Crippen LogP contribution in [0.3, 0.4) is 0 Å². The van der Waals surface area contributed by atoms with Gasteiger partial charge in [0.1, 0.15) is 5.60 Å². The summed E-state index contributed by atoms with van der Waals surface area (Å²) in [4.78, 5) is 7.58. The number of rotatable bonds is 10. The topological polar surface area (TPSA) is 57.6 Å². The van der Waals surface area contributed by atoms with Crippen LogP contribution in [0.1, 0.15) is 48.3 Å². The lowest BCUT2D eigenvalue weighted by molar-refractivity contribution is 0.00653. The third-order valence-corrected chi connectivity index (χ3v) is 10.1. The maximum atomic E-state index is 13.2. The molecule has 0 saturated carbocycles. The molecule has 0 radical (unpaired) electrons. The highest BCUT2D eigenvalue weighted by Crippen LogP contribution is 2.48. The third kappa shape index (κ3) is 5.58. The lowest BCUT2D eigenvalue weighted by Gasteiger charge is -2.38. The Labute approximate surface area is 262 Å². The maximum Gasteiger partial charge on any atom is 0.217 e. The van der Waals surface area contributed by atoms with Crippen LogP contribution in [-0.2, 0) is 5.60 Å². The maximum absolute atomic E-state index is 13.2. The van der Waals surface area contributed by atoms with E-state index >= 15 is 0 Å². The minimum atomic E-state index is -1.20. The highest BCUT2D eigenvalue weighted by molar-refractivity contribution is 9.10. The molecule has 6 heteroatoms. The summed E-state index contributed by atoms with van der Waals surface area (Å²) in [6.45, 7) is 3.32. The number of methoxy groups -OCH3 is 1. The van der Waals surface area contributed by atoms with Crippen molar-refractivity contribution < 1.29 is 9.84 Å². The first kappa shape index (κ1) is 28.5. The van der Waals surface area contributed by atoms with E-state index in [-0.39, 0.29) is 0 Å². The molecule has 7 rings (SSSR count). The number of fused-ring (bicyclic) bond motifs is 4. The predicted octanol–water partition coefficient (Wildman–Crippen LogP) is 7.40. The van der Waals surface area contributed by atoms with Crippen molar-refractivity contribution in [1.29, 1.82) is 0 Å². The highest BCUT2D eigenvalue weighted by Gasteiger charge is 2.42. The zero-order valence-electron chi connectivity index (χ0n) is 24.5. The van der Waals surface area contributed by atoms with Crippen molar-refractivity contribution in [3.05, 3.63) is 118 Å². The SMILES string of the molecule is COc1nc2ccc(Br)cc2cc1C(c1ccccc1)C(O)(CCCCN1CC2CC1CN2)c1ccc2ccccc2c1. The number of hydrogen-bond donors (Lipinski definition) is 2. The number of hydrogen-bond acceptors (Lipinski definition) is 5. The Hall–Kier alpha value is -3.29. The van der Waals surface area contributed by atoms with E-state index in [1.165, 1.54) is 6.42 Å². The van der Waals surface area contributed by atoms with Gasteiger partial charge in [0, 0.05) is 46.5 Å². The Bertz CT molecular complexity index is 1750. The molecule has 2 aliphatic heterocycles. The second-order valence-electron chi connectivity index (χ2n) is 12.2. The first-order chi connectivity index (χ1) is 21.0. The highest BCUT2D eigenvalue weighted by atomic mass is 79.9. The standard InChI is InChI=1S/C37H38BrN3O2/c1-43-36-33(21-28-20-30(38)15-16-34(28)40-36)35(26-10-3-2-4-11-26)37(42,29-14-13-25-9-5-6-12-27(25)19-29)17-7-8-18-41-24-31-22-32(41)23-39-31/h2-6,9-16,19-21,31-32,35,39,42H,7-8,17-18,22-24H2,1H3. The van der Waals surface area contributed by atoms with E-state index < -0.39 is 11.5 Å². The molecule has 4 unspecified atom stereocenters. The van der Waals surface area contributed by atoms with Gasteiger partial charge in [-0.2, -0.15) is 0 Å². The number of unbranched alkanes of at least 4 members (excludes halogenated alkanes) is 1. The lowest BCUT2D eigenvalue weighted by Crippen LogP contribution is -2.43. The molecular formula is C37H38BrN3O2. The molecule has 2 N–H and O–H groups in total. The molecule has 2 saturated heterocycles. The molecule has 3 heterocycles. The summed E-state index contributed by atoms with van der Waals surface area (Å²) < 4.78 is 6.95. The number of nitrogens with zero attached hydrogens (tertiary/aromatic N) is 2. The summed E-state index contributed by atoms with van der Waals surface area (Å²) in [5, 5.41) is 20.1. The molecule has 5 nitrogen and oxygen atoms in total. The van der Waals surface area contributed by atoms with E-state index in [0.29, 0.717) is 24.4 Å². The number of ether oxygens (including phenoxy) is 1. The summed E-state index contributed by atoms with van der Waals surface area (Å²) in [7, 11) is 1.67. The summed E-state index contributed by atoms with van der Waals surface area (Å²) in [6.07, 6.45) is 3.83. The van der Waals surface area contributed by atoms with Gasteiger partial charge in [-0.25, -0.2) is 4.98 Å². The Kier molecular flexibility index (Phi) is 7.95. The van der Waals surface area contributed by atoms with Crippen LogP contribution in [0.15, 0.2) is 102 Å². The Morgan fingerprint density at radius 3 is 2.53 bits per heavy atom. The summed E-state index contributed by atoms with van der Waals surface area (Å²) in [5.74, 6) is 0.149. The van der Waals surface area contributed by atoms with Crippen molar-refractivity contribution in [1.82, 2.24) is 15.2 Å². The number of pyridine rings is 1. The van der Waals surface area contributed by atoms with E-state index in [9.17, 15) is 5.11 Å². The van der Waals surface area contributed by atoms with Gasteiger partial charge in [-0.3, -0.25) is 4.90 Å². The molecule has 5 aromatic rings. The predicted molar refractivity (Wildman–Crippen MR) is 178 cm³/mol. The molecular weight excluding hydrogens is 598 g/mol. The largest absolute Gasteiger partial charge is 0.481 e. The van der Waals surface area contributed by atoms with Crippen LogP contribution in [0.4, 0.5) is 0 Å². The van der Waals surface area contributed by atoms with Gasteiger partial charge >= 0.3 is 0 Å². The normalized spacial score (nSPS) is 20.4. The van der Waals surface area contributed by atoms with Crippen molar-refractivity contribution in [2.45, 2.75) is 49.3 Å². The smallest absolute Gasteiger partial charge is 0.217 e. The number of aromatic nitrogens is 1. The van der Waals surface area contributed by atoms with E-state index in [2.05, 4.69) is 105 Å². The lowest BCUT2D eigenvalue weighted by atomic mass is 9.71. The van der Waals surface area contributed by atoms with Crippen molar-refractivity contribution in [3.8, 4) is 5.88 Å². The van der Waals surface area contributed by atoms with E-state index in [0.717, 1.165) is 75.3 Å². The fraction of sp³-hybridized carbons (Fsp3) is 0.324. The van der Waals surface area contributed by atoms with Gasteiger partial charge in [0.25, 0.3) is 0 Å². The van der Waals surface area contributed by atoms with E-state index in [4.69, 9.17) is 9.72 Å². The fourth-order valence-corrected chi connectivity index (χ4v) is 7.80. The molecule has 220 valence electrons. The first-order valence-corrected chi connectivity index (χ1v) is 16.2. The summed E-state index contributed by atoms with van der Waals surface area (Å²) in [5.41, 5.74) is 2.50. The molecule has 2 fully saturated rings. The van der Waals surface area contributed by atoms with Crippen LogP contribution in [0.5, 0.6) is 5.88 Å². The summed E-state index contributed by atoms with van der Waals surface area (Å²) in [6, 6.07) is 34.7. The number of piperazine rings is 1. The molecule has 43 heavy (non-hydrogen) atoms. The zero-order valence-corrected chi connectivity index (χ0v) is 26.1. The average Bonchev–Trinajstić information content (AvgIpc) is 3.67. The van der Waals surface area contributed by atoms with Gasteiger partial charge in [-0.05, 0) is 84.5 Å². The zero-order chi connectivity index (χ0) is 29.4. The molecule has 4 atom stereocenters. The summed E-state index contributed by atoms with van der Waals surface area (Å²) >= 11 is 3.64. The van der Waals surface area contributed by atoms with E-state index in [1.807, 2.05) is 18.2 Å². The average molecular weight is 637 g/mol. The van der Waals surface area contributed by atoms with Gasteiger partial charge in [0.2, 0.25) is 5.88 Å². The number of likely N-dealkylation sites (tertiary alicyclic amines) is 1. The van der Waals surface area contributed by atoms with Crippen LogP contribution in [0.2, 0.25) is 0 Å². The van der Waals surface area contributed by atoms with Crippen molar-refractivity contribution >= 4 is 37.6 Å². The third-order valence-electron chi connectivity index (χ3n) is 9.56.